The van der Waals surface area contributed by atoms with Crippen LogP contribution in [0.2, 0.25) is 0 Å². The number of amides is 5. The summed E-state index contributed by atoms with van der Waals surface area (Å²) in [6, 6.07) is 7.15. The van der Waals surface area contributed by atoms with Gasteiger partial charge in [0.2, 0.25) is 29.5 Å². The van der Waals surface area contributed by atoms with E-state index in [1.165, 1.54) is 4.90 Å². The molecule has 1 saturated heterocycles. The summed E-state index contributed by atoms with van der Waals surface area (Å²) in [4.78, 5) is 72.9. The van der Waals surface area contributed by atoms with Crippen molar-refractivity contribution in [2.45, 2.75) is 78.0 Å². The molecule has 0 spiro atoms. The van der Waals surface area contributed by atoms with E-state index >= 15 is 0 Å². The van der Waals surface area contributed by atoms with Gasteiger partial charge in [0.1, 0.15) is 23.9 Å². The van der Waals surface area contributed by atoms with Gasteiger partial charge in [-0.05, 0) is 54.5 Å². The molecule has 1 aromatic carbocycles. The van der Waals surface area contributed by atoms with Crippen LogP contribution in [0, 0.1) is 11.8 Å². The van der Waals surface area contributed by atoms with E-state index in [4.69, 9.17) is 4.74 Å². The molecule has 45 heavy (non-hydrogen) atoms. The third-order valence-corrected chi connectivity index (χ3v) is 7.66. The molecule has 0 unspecified atom stereocenters. The van der Waals surface area contributed by atoms with E-state index in [0.717, 1.165) is 5.56 Å². The van der Waals surface area contributed by atoms with Gasteiger partial charge in [-0.15, -0.1) is 0 Å². The number of carbonyl (C=O) groups is 5. The van der Waals surface area contributed by atoms with Crippen LogP contribution in [0.3, 0.4) is 0 Å². The molecule has 1 aromatic heterocycles. The lowest BCUT2D eigenvalue weighted by atomic mass is 10.0. The van der Waals surface area contributed by atoms with E-state index in [-0.39, 0.29) is 43.7 Å². The van der Waals surface area contributed by atoms with Crippen LogP contribution in [-0.2, 0) is 36.8 Å². The van der Waals surface area contributed by atoms with Gasteiger partial charge < -0.3 is 30.9 Å². The first kappa shape index (κ1) is 35.0. The van der Waals surface area contributed by atoms with E-state index in [2.05, 4.69) is 26.3 Å². The number of aromatic nitrogens is 1. The van der Waals surface area contributed by atoms with Gasteiger partial charge in [0.05, 0.1) is 20.1 Å². The maximum absolute atomic E-state index is 13.6. The summed E-state index contributed by atoms with van der Waals surface area (Å²) < 4.78 is 5.23. The van der Waals surface area contributed by atoms with Crippen molar-refractivity contribution in [2.24, 2.45) is 11.8 Å². The van der Waals surface area contributed by atoms with Gasteiger partial charge in [-0.1, -0.05) is 45.9 Å². The number of nitrogens with one attached hydrogen (secondary N) is 4. The van der Waals surface area contributed by atoms with Gasteiger partial charge in [0, 0.05) is 31.4 Å². The molecule has 5 amide bonds. The fourth-order valence-electron chi connectivity index (χ4n) is 4.99. The lowest BCUT2D eigenvalue weighted by molar-refractivity contribution is -0.137. The molecule has 4 N–H and O–H groups in total. The van der Waals surface area contributed by atoms with E-state index in [0.29, 0.717) is 17.7 Å². The quantitative estimate of drug-likeness (QED) is 0.346. The molecular weight excluding hydrogens is 576 g/mol. The van der Waals surface area contributed by atoms with Crippen LogP contribution >= 0.6 is 0 Å². The molecule has 2 aromatic rings. The Balaban J connectivity index is 1.95. The molecule has 0 aliphatic carbocycles. The lowest BCUT2D eigenvalue weighted by Crippen LogP contribution is -2.57. The van der Waals surface area contributed by atoms with Crippen LogP contribution < -0.4 is 26.0 Å². The normalized spacial score (nSPS) is 22.1. The number of rotatable bonds is 8. The predicted molar refractivity (Wildman–Crippen MR) is 169 cm³/mol. The van der Waals surface area contributed by atoms with Crippen LogP contribution in [0.15, 0.2) is 48.8 Å². The molecule has 3 rings (SSSR count). The fraction of sp³-hybridized carbons (Fsp3) is 0.515. The van der Waals surface area contributed by atoms with E-state index in [1.54, 1.807) is 62.8 Å². The standard InChI is InChI=1S/C33H46N6O6/c1-20(2)14-26-33(44)37-27(15-23-9-11-25(45-6)12-10-23)32(43)35-22(5)31(42)38-28(21(3)4)18-39(19-29(40)36-26)30(41)16-24-8-7-13-34-17-24/h7-13,17,20-22,26-28H,14-16,18-19H2,1-6H3,(H,35,43)(H,36,40)(H,37,44)(H,38,42)/t22-,26+,27+,28-/m1/s1. The largest absolute Gasteiger partial charge is 0.497 e. The summed E-state index contributed by atoms with van der Waals surface area (Å²) in [5.74, 6) is -1.81. The Bertz CT molecular complexity index is 1320. The van der Waals surface area contributed by atoms with Crippen molar-refractivity contribution in [1.29, 1.82) is 0 Å². The molecule has 1 aliphatic rings. The summed E-state index contributed by atoms with van der Waals surface area (Å²) in [5, 5.41) is 11.3. The van der Waals surface area contributed by atoms with Gasteiger partial charge in [0.25, 0.3) is 0 Å². The van der Waals surface area contributed by atoms with Gasteiger partial charge in [-0.25, -0.2) is 0 Å². The summed E-state index contributed by atoms with van der Waals surface area (Å²) in [6.45, 7) is 8.95. The number of ether oxygens (including phenoxy) is 1. The minimum Gasteiger partial charge on any atom is -0.497 e. The summed E-state index contributed by atoms with van der Waals surface area (Å²) >= 11 is 0. The Morgan fingerprint density at radius 3 is 2.20 bits per heavy atom. The van der Waals surface area contributed by atoms with Gasteiger partial charge in [-0.3, -0.25) is 29.0 Å². The average Bonchev–Trinajstić information content (AvgIpc) is 2.99. The van der Waals surface area contributed by atoms with Crippen LogP contribution in [0.4, 0.5) is 0 Å². The van der Waals surface area contributed by atoms with Crippen molar-refractivity contribution < 1.29 is 28.7 Å². The first-order chi connectivity index (χ1) is 21.4. The van der Waals surface area contributed by atoms with Gasteiger partial charge in [0.15, 0.2) is 0 Å². The highest BCUT2D eigenvalue weighted by atomic mass is 16.5. The zero-order chi connectivity index (χ0) is 33.1. The summed E-state index contributed by atoms with van der Waals surface area (Å²) in [5.41, 5.74) is 1.44. The third-order valence-electron chi connectivity index (χ3n) is 7.66. The van der Waals surface area contributed by atoms with Crippen molar-refractivity contribution in [1.82, 2.24) is 31.2 Å². The second kappa shape index (κ2) is 16.6. The number of carbonyl (C=O) groups excluding carboxylic acids is 5. The molecular formula is C33H46N6O6. The maximum atomic E-state index is 13.6. The molecule has 12 heteroatoms. The number of nitrogens with zero attached hydrogens (tertiary/aromatic N) is 2. The molecule has 0 bridgehead atoms. The molecule has 0 saturated carbocycles. The van der Waals surface area contributed by atoms with Crippen molar-refractivity contribution in [3.63, 3.8) is 0 Å². The molecule has 4 atom stereocenters. The zero-order valence-electron chi connectivity index (χ0n) is 27.0. The Morgan fingerprint density at radius 2 is 1.60 bits per heavy atom. The molecule has 2 heterocycles. The third kappa shape index (κ3) is 10.9. The number of benzene rings is 1. The smallest absolute Gasteiger partial charge is 0.243 e. The minimum absolute atomic E-state index is 0.00922. The zero-order valence-corrected chi connectivity index (χ0v) is 27.0. The Kier molecular flexibility index (Phi) is 12.9. The van der Waals surface area contributed by atoms with Crippen molar-refractivity contribution >= 4 is 29.5 Å². The SMILES string of the molecule is COc1ccc(C[C@@H]2NC(=O)[C@H](CC(C)C)NC(=O)CN(C(=O)Cc3cccnc3)C[C@H](C(C)C)NC(=O)[C@@H](C)NC2=O)cc1. The Hall–Kier alpha value is -4.48. The van der Waals surface area contributed by atoms with Gasteiger partial charge >= 0.3 is 0 Å². The monoisotopic (exact) mass is 622 g/mol. The molecule has 12 nitrogen and oxygen atoms in total. The number of hydrogen-bond acceptors (Lipinski definition) is 7. The highest BCUT2D eigenvalue weighted by Crippen LogP contribution is 2.14. The highest BCUT2D eigenvalue weighted by molar-refractivity contribution is 5.95. The molecule has 1 aliphatic heterocycles. The lowest BCUT2D eigenvalue weighted by Gasteiger charge is -2.31. The molecule has 0 radical (unpaired) electrons. The van der Waals surface area contributed by atoms with E-state index < -0.39 is 47.8 Å². The second-order valence-electron chi connectivity index (χ2n) is 12.3. The Labute approximate surface area is 265 Å². The number of hydrogen-bond donors (Lipinski definition) is 4. The predicted octanol–water partition coefficient (Wildman–Crippen LogP) is 1.38. The van der Waals surface area contributed by atoms with E-state index in [1.807, 2.05) is 27.7 Å². The first-order valence-electron chi connectivity index (χ1n) is 15.4. The number of pyridine rings is 1. The number of methoxy groups -OCH3 is 1. The maximum Gasteiger partial charge on any atom is 0.243 e. The van der Waals surface area contributed by atoms with Crippen LogP contribution in [0.5, 0.6) is 5.75 Å². The van der Waals surface area contributed by atoms with Crippen LogP contribution in [0.25, 0.3) is 0 Å². The Morgan fingerprint density at radius 1 is 0.911 bits per heavy atom. The van der Waals surface area contributed by atoms with E-state index in [9.17, 15) is 24.0 Å². The van der Waals surface area contributed by atoms with Gasteiger partial charge in [-0.2, -0.15) is 0 Å². The van der Waals surface area contributed by atoms with Crippen molar-refractivity contribution in [3.05, 3.63) is 59.9 Å². The van der Waals surface area contributed by atoms with Crippen molar-refractivity contribution in [2.75, 3.05) is 20.2 Å². The first-order valence-corrected chi connectivity index (χ1v) is 15.4. The second-order valence-corrected chi connectivity index (χ2v) is 12.3. The van der Waals surface area contributed by atoms with Crippen molar-refractivity contribution in [3.8, 4) is 5.75 Å². The van der Waals surface area contributed by atoms with Crippen LogP contribution in [0.1, 0.15) is 52.2 Å². The highest BCUT2D eigenvalue weighted by Gasteiger charge is 2.32. The molecule has 244 valence electrons. The molecule has 1 fully saturated rings. The fourth-order valence-corrected chi connectivity index (χ4v) is 4.99. The minimum atomic E-state index is -1.03. The van der Waals surface area contributed by atoms with Crippen LogP contribution in [-0.4, -0.2) is 83.8 Å². The average molecular weight is 623 g/mol. The summed E-state index contributed by atoms with van der Waals surface area (Å²) in [6.07, 6.45) is 3.66. The topological polar surface area (TPSA) is 159 Å². The summed E-state index contributed by atoms with van der Waals surface area (Å²) in [7, 11) is 1.55.